The van der Waals surface area contributed by atoms with Gasteiger partial charge in [0, 0.05) is 17.8 Å². The van der Waals surface area contributed by atoms with E-state index in [2.05, 4.69) is 0 Å². The third-order valence-electron chi connectivity index (χ3n) is 4.44. The minimum atomic E-state index is -0.793. The van der Waals surface area contributed by atoms with Crippen LogP contribution < -0.4 is 0 Å². The number of aliphatic hydroxyl groups is 1. The minimum absolute atomic E-state index is 0.0787. The van der Waals surface area contributed by atoms with Crippen LogP contribution in [0.5, 0.6) is 0 Å². The zero-order chi connectivity index (χ0) is 9.48. The van der Waals surface area contributed by atoms with Crippen molar-refractivity contribution in [3.8, 4) is 0 Å². The molecule has 4 atom stereocenters. The summed E-state index contributed by atoms with van der Waals surface area (Å²) < 4.78 is 5.62. The number of ether oxygens (including phenoxy) is 1. The van der Waals surface area contributed by atoms with Gasteiger partial charge in [0.1, 0.15) is 5.78 Å². The number of Topliss-reactive ketones (excluding diaryl/α,β-unsaturated/α-hetero) is 1. The average Bonchev–Trinajstić information content (AvgIpc) is 2.68. The van der Waals surface area contributed by atoms with Crippen molar-refractivity contribution in [1.29, 1.82) is 0 Å². The first-order valence-electron chi connectivity index (χ1n) is 4.82. The fourth-order valence-corrected chi connectivity index (χ4v) is 3.62. The van der Waals surface area contributed by atoms with E-state index in [1.807, 2.05) is 6.92 Å². The molecule has 0 unspecified atom stereocenters. The summed E-state index contributed by atoms with van der Waals surface area (Å²) in [6, 6.07) is 0. The predicted molar refractivity (Wildman–Crippen MR) is 45.1 cm³/mol. The third kappa shape index (κ3) is 0.588. The molecule has 2 saturated carbocycles. The van der Waals surface area contributed by atoms with Gasteiger partial charge in [0.05, 0.1) is 17.8 Å². The Morgan fingerprint density at radius 3 is 2.77 bits per heavy atom. The summed E-state index contributed by atoms with van der Waals surface area (Å²) in [5.41, 5.74) is -1.41. The average molecular weight is 182 g/mol. The van der Waals surface area contributed by atoms with Crippen LogP contribution in [0.15, 0.2) is 0 Å². The summed E-state index contributed by atoms with van der Waals surface area (Å²) in [7, 11) is 0. The largest absolute Gasteiger partial charge is 0.387 e. The molecule has 3 aliphatic rings. The van der Waals surface area contributed by atoms with Crippen molar-refractivity contribution in [2.45, 2.75) is 37.9 Å². The zero-order valence-electron chi connectivity index (χ0n) is 7.96. The Morgan fingerprint density at radius 2 is 2.23 bits per heavy atom. The molecule has 0 bridgehead atoms. The highest BCUT2D eigenvalue weighted by molar-refractivity contribution is 5.90. The van der Waals surface area contributed by atoms with Crippen LogP contribution in [0.1, 0.15) is 26.7 Å². The van der Waals surface area contributed by atoms with E-state index < -0.39 is 5.60 Å². The van der Waals surface area contributed by atoms with Gasteiger partial charge in [0.2, 0.25) is 0 Å². The van der Waals surface area contributed by atoms with E-state index in [9.17, 15) is 9.90 Å². The van der Waals surface area contributed by atoms with Gasteiger partial charge in [0.25, 0.3) is 0 Å². The molecule has 0 aromatic rings. The van der Waals surface area contributed by atoms with E-state index in [1.165, 1.54) is 0 Å². The molecule has 72 valence electrons. The Balaban J connectivity index is 2.13. The maximum Gasteiger partial charge on any atom is 0.139 e. The third-order valence-corrected chi connectivity index (χ3v) is 4.44. The van der Waals surface area contributed by atoms with E-state index in [4.69, 9.17) is 4.74 Å². The highest BCUT2D eigenvalue weighted by Crippen LogP contribution is 2.75. The lowest BCUT2D eigenvalue weighted by atomic mass is 9.77. The first-order valence-corrected chi connectivity index (χ1v) is 4.82. The highest BCUT2D eigenvalue weighted by atomic mass is 16.5. The number of carbonyl (C=O) groups excluding carboxylic acids is 1. The molecular weight excluding hydrogens is 168 g/mol. The molecule has 3 rings (SSSR count). The molecule has 1 spiro atoms. The summed E-state index contributed by atoms with van der Waals surface area (Å²) in [4.78, 5) is 11.5. The molecule has 0 radical (unpaired) electrons. The zero-order valence-corrected chi connectivity index (χ0v) is 7.96. The van der Waals surface area contributed by atoms with Crippen LogP contribution in [0.25, 0.3) is 0 Å². The fourth-order valence-electron chi connectivity index (χ4n) is 3.62. The van der Waals surface area contributed by atoms with Crippen molar-refractivity contribution in [2.24, 2.45) is 11.3 Å². The molecule has 0 aromatic carbocycles. The molecule has 1 aliphatic heterocycles. The first-order chi connectivity index (χ1) is 5.93. The Morgan fingerprint density at radius 1 is 1.54 bits per heavy atom. The number of rotatable bonds is 0. The maximum absolute atomic E-state index is 11.5. The van der Waals surface area contributed by atoms with Gasteiger partial charge in [-0.3, -0.25) is 4.79 Å². The van der Waals surface area contributed by atoms with E-state index >= 15 is 0 Å². The smallest absolute Gasteiger partial charge is 0.139 e. The summed E-state index contributed by atoms with van der Waals surface area (Å²) in [6.45, 7) is 4.16. The topological polar surface area (TPSA) is 46.5 Å². The molecule has 1 saturated heterocycles. The molecule has 1 heterocycles. The minimum Gasteiger partial charge on any atom is -0.387 e. The Labute approximate surface area is 77.1 Å². The van der Waals surface area contributed by atoms with Crippen molar-refractivity contribution < 1.29 is 14.6 Å². The SMILES string of the molecule is C[C@]1(O)CO[C@@]2(C)CC(=O)[C@@H]3C[C@]312. The Kier molecular flexibility index (Phi) is 1.04. The van der Waals surface area contributed by atoms with E-state index in [0.717, 1.165) is 6.42 Å². The van der Waals surface area contributed by atoms with Gasteiger partial charge in [-0.25, -0.2) is 0 Å². The number of carbonyl (C=O) groups is 1. The summed E-state index contributed by atoms with van der Waals surface area (Å²) in [5.74, 6) is 0.359. The number of hydrogen-bond donors (Lipinski definition) is 1. The van der Waals surface area contributed by atoms with Gasteiger partial charge in [-0.2, -0.15) is 0 Å². The quantitative estimate of drug-likeness (QED) is 0.593. The van der Waals surface area contributed by atoms with Gasteiger partial charge >= 0.3 is 0 Å². The second kappa shape index (κ2) is 1.71. The maximum atomic E-state index is 11.5. The molecule has 2 aliphatic carbocycles. The highest BCUT2D eigenvalue weighted by Gasteiger charge is 2.82. The summed E-state index contributed by atoms with van der Waals surface area (Å²) in [6.07, 6.45) is 1.32. The summed E-state index contributed by atoms with van der Waals surface area (Å²) >= 11 is 0. The lowest BCUT2D eigenvalue weighted by molar-refractivity contribution is -0.122. The lowest BCUT2D eigenvalue weighted by Crippen LogP contribution is -2.42. The number of ketones is 1. The molecule has 3 nitrogen and oxygen atoms in total. The molecule has 1 N–H and O–H groups in total. The lowest BCUT2D eigenvalue weighted by Gasteiger charge is -2.30. The van der Waals surface area contributed by atoms with Crippen molar-refractivity contribution >= 4 is 5.78 Å². The normalized spacial score (nSPS) is 63.6. The predicted octanol–water partition coefficient (Wildman–Crippen LogP) is 0.505. The van der Waals surface area contributed by atoms with Gasteiger partial charge < -0.3 is 9.84 Å². The van der Waals surface area contributed by atoms with Crippen molar-refractivity contribution in [3.05, 3.63) is 0 Å². The summed E-state index contributed by atoms with van der Waals surface area (Å²) in [5, 5.41) is 10.2. The van der Waals surface area contributed by atoms with Crippen LogP contribution in [0, 0.1) is 11.3 Å². The van der Waals surface area contributed by atoms with Crippen LogP contribution in [0.3, 0.4) is 0 Å². The molecule has 3 heteroatoms. The first kappa shape index (κ1) is 7.94. The van der Waals surface area contributed by atoms with Crippen LogP contribution in [-0.4, -0.2) is 28.7 Å². The molecular formula is C10H14O3. The number of hydrogen-bond acceptors (Lipinski definition) is 3. The van der Waals surface area contributed by atoms with Crippen LogP contribution >= 0.6 is 0 Å². The van der Waals surface area contributed by atoms with Crippen molar-refractivity contribution in [3.63, 3.8) is 0 Å². The van der Waals surface area contributed by atoms with Crippen LogP contribution in [-0.2, 0) is 9.53 Å². The monoisotopic (exact) mass is 182 g/mol. The van der Waals surface area contributed by atoms with Crippen LogP contribution in [0.4, 0.5) is 0 Å². The Hall–Kier alpha value is -0.410. The van der Waals surface area contributed by atoms with Crippen molar-refractivity contribution in [2.75, 3.05) is 6.61 Å². The molecule has 0 amide bonds. The van der Waals surface area contributed by atoms with Crippen molar-refractivity contribution in [1.82, 2.24) is 0 Å². The second-order valence-electron chi connectivity index (χ2n) is 5.16. The fraction of sp³-hybridized carbons (Fsp3) is 0.900. The van der Waals surface area contributed by atoms with Crippen LogP contribution in [0.2, 0.25) is 0 Å². The van der Waals surface area contributed by atoms with E-state index in [0.29, 0.717) is 13.0 Å². The second-order valence-corrected chi connectivity index (χ2v) is 5.16. The Bertz CT molecular complexity index is 309. The molecule has 0 aromatic heterocycles. The van der Waals surface area contributed by atoms with Gasteiger partial charge in [-0.15, -0.1) is 0 Å². The van der Waals surface area contributed by atoms with E-state index in [1.54, 1.807) is 6.92 Å². The van der Waals surface area contributed by atoms with Gasteiger partial charge in [-0.05, 0) is 20.3 Å². The van der Waals surface area contributed by atoms with Gasteiger partial charge in [0.15, 0.2) is 0 Å². The molecule has 3 fully saturated rings. The van der Waals surface area contributed by atoms with E-state index in [-0.39, 0.29) is 22.7 Å². The standard InChI is InChI=1S/C10H14O3/c1-8(12)5-13-9(2)4-7(11)6-3-10(6,8)9/h6,12H,3-5H2,1-2H3/t6-,8-,9-,10-/m0/s1. The molecule has 13 heavy (non-hydrogen) atoms. The van der Waals surface area contributed by atoms with Gasteiger partial charge in [-0.1, -0.05) is 0 Å².